The lowest BCUT2D eigenvalue weighted by atomic mass is 9.87. The molecule has 7 nitrogen and oxygen atoms in total. The Morgan fingerprint density at radius 2 is 2.04 bits per heavy atom. The van der Waals surface area contributed by atoms with E-state index in [4.69, 9.17) is 4.74 Å². The Balaban J connectivity index is 1.51. The van der Waals surface area contributed by atoms with E-state index in [0.717, 1.165) is 5.69 Å². The maximum Gasteiger partial charge on any atom is 0.226 e. The monoisotopic (exact) mass is 379 g/mol. The molecule has 4 heterocycles. The normalized spacial score (nSPS) is 31.5. The van der Waals surface area contributed by atoms with E-state index in [9.17, 15) is 13.2 Å². The van der Waals surface area contributed by atoms with Gasteiger partial charge in [-0.25, -0.2) is 8.42 Å². The van der Waals surface area contributed by atoms with Gasteiger partial charge in [0.25, 0.3) is 0 Å². The van der Waals surface area contributed by atoms with Gasteiger partial charge in [0.1, 0.15) is 0 Å². The second-order valence-corrected chi connectivity index (χ2v) is 9.76. The van der Waals surface area contributed by atoms with Crippen molar-refractivity contribution in [1.29, 1.82) is 0 Å². The molecule has 1 aromatic heterocycles. The number of nitrogens with zero attached hydrogens (tertiary/aromatic N) is 3. The van der Waals surface area contributed by atoms with Crippen molar-refractivity contribution in [3.8, 4) is 0 Å². The number of ether oxygens (including phenoxy) is 1. The number of likely N-dealkylation sites (tertiary alicyclic amines) is 1. The first-order valence-corrected chi connectivity index (χ1v) is 11.0. The summed E-state index contributed by atoms with van der Waals surface area (Å²) in [6.07, 6.45) is 2.19. The van der Waals surface area contributed by atoms with Gasteiger partial charge in [-0.3, -0.25) is 14.7 Å². The van der Waals surface area contributed by atoms with Gasteiger partial charge < -0.3 is 9.64 Å². The average Bonchev–Trinajstić information content (AvgIpc) is 3.08. The van der Waals surface area contributed by atoms with Gasteiger partial charge in [0.15, 0.2) is 9.84 Å². The van der Waals surface area contributed by atoms with Gasteiger partial charge in [-0.2, -0.15) is 0 Å². The summed E-state index contributed by atoms with van der Waals surface area (Å²) in [5.74, 6) is -0.0900. The van der Waals surface area contributed by atoms with Gasteiger partial charge in [-0.05, 0) is 18.6 Å². The van der Waals surface area contributed by atoms with Gasteiger partial charge in [0, 0.05) is 50.8 Å². The van der Waals surface area contributed by atoms with Crippen LogP contribution in [0.4, 0.5) is 0 Å². The van der Waals surface area contributed by atoms with Crippen LogP contribution in [-0.4, -0.2) is 79.5 Å². The molecule has 0 spiro atoms. The summed E-state index contributed by atoms with van der Waals surface area (Å²) in [5.41, 5.74) is 0.930. The largest absolute Gasteiger partial charge is 0.378 e. The molecule has 26 heavy (non-hydrogen) atoms. The molecule has 0 radical (unpaired) electrons. The van der Waals surface area contributed by atoms with Crippen LogP contribution in [0, 0.1) is 11.8 Å². The highest BCUT2D eigenvalue weighted by molar-refractivity contribution is 7.92. The fourth-order valence-electron chi connectivity index (χ4n) is 4.48. The molecule has 0 unspecified atom stereocenters. The van der Waals surface area contributed by atoms with Gasteiger partial charge >= 0.3 is 0 Å². The highest BCUT2D eigenvalue weighted by Crippen LogP contribution is 2.38. The summed E-state index contributed by atoms with van der Waals surface area (Å²) >= 11 is 0. The Morgan fingerprint density at radius 3 is 2.77 bits per heavy atom. The number of amides is 1. The van der Waals surface area contributed by atoms with E-state index in [1.54, 1.807) is 6.20 Å². The Kier molecular flexibility index (Phi) is 4.98. The van der Waals surface area contributed by atoms with Crippen LogP contribution in [0.5, 0.6) is 0 Å². The van der Waals surface area contributed by atoms with E-state index in [-0.39, 0.29) is 23.5 Å². The van der Waals surface area contributed by atoms with E-state index in [2.05, 4.69) is 9.88 Å². The molecule has 142 valence electrons. The predicted molar refractivity (Wildman–Crippen MR) is 96.1 cm³/mol. The van der Waals surface area contributed by atoms with E-state index >= 15 is 0 Å². The molecule has 0 aliphatic carbocycles. The van der Waals surface area contributed by atoms with Gasteiger partial charge in [0.05, 0.1) is 29.9 Å². The molecule has 3 fully saturated rings. The van der Waals surface area contributed by atoms with Crippen molar-refractivity contribution in [2.24, 2.45) is 11.8 Å². The Bertz CT molecular complexity index is 749. The van der Waals surface area contributed by atoms with Crippen LogP contribution in [0.2, 0.25) is 0 Å². The Morgan fingerprint density at radius 1 is 1.23 bits per heavy atom. The zero-order chi connectivity index (χ0) is 18.1. The minimum atomic E-state index is -3.14. The first-order chi connectivity index (χ1) is 12.5. The quantitative estimate of drug-likeness (QED) is 0.745. The third-order valence-electron chi connectivity index (χ3n) is 5.83. The van der Waals surface area contributed by atoms with E-state index < -0.39 is 15.1 Å². The van der Waals surface area contributed by atoms with Crippen molar-refractivity contribution in [2.75, 3.05) is 45.1 Å². The maximum absolute atomic E-state index is 13.0. The average molecular weight is 379 g/mol. The number of aromatic nitrogens is 1. The lowest BCUT2D eigenvalue weighted by molar-refractivity contribution is -0.141. The molecule has 8 heteroatoms. The molecule has 0 N–H and O–H groups in total. The van der Waals surface area contributed by atoms with Crippen LogP contribution in [0.25, 0.3) is 0 Å². The SMILES string of the molecule is O=C([C@@H]1CCS(=O)(=O)[C@@H]2CN(Cc3ccccn3)C[C@@H]21)N1CCOCC1. The number of hydrogen-bond acceptors (Lipinski definition) is 6. The number of morpholine rings is 1. The van der Waals surface area contributed by atoms with Crippen molar-refractivity contribution < 1.29 is 17.9 Å². The highest BCUT2D eigenvalue weighted by Gasteiger charge is 2.51. The fourth-order valence-corrected chi connectivity index (χ4v) is 6.61. The Hall–Kier alpha value is -1.51. The maximum atomic E-state index is 13.0. The summed E-state index contributed by atoms with van der Waals surface area (Å²) in [6, 6.07) is 5.76. The third-order valence-corrected chi connectivity index (χ3v) is 8.05. The molecule has 0 saturated carbocycles. The third kappa shape index (κ3) is 3.50. The molecule has 3 saturated heterocycles. The van der Waals surface area contributed by atoms with Crippen LogP contribution in [0.15, 0.2) is 24.4 Å². The fraction of sp³-hybridized carbons (Fsp3) is 0.667. The summed E-state index contributed by atoms with van der Waals surface area (Å²) in [6.45, 7) is 4.11. The van der Waals surface area contributed by atoms with E-state index in [0.29, 0.717) is 52.4 Å². The zero-order valence-electron chi connectivity index (χ0n) is 14.8. The van der Waals surface area contributed by atoms with E-state index in [1.807, 2.05) is 23.1 Å². The van der Waals surface area contributed by atoms with Crippen LogP contribution < -0.4 is 0 Å². The number of sulfone groups is 1. The van der Waals surface area contributed by atoms with Crippen LogP contribution in [0.3, 0.4) is 0 Å². The van der Waals surface area contributed by atoms with Crippen LogP contribution in [-0.2, 0) is 25.9 Å². The lowest BCUT2D eigenvalue weighted by Gasteiger charge is -2.36. The van der Waals surface area contributed by atoms with Crippen molar-refractivity contribution in [3.63, 3.8) is 0 Å². The minimum absolute atomic E-state index is 0.109. The van der Waals surface area contributed by atoms with Crippen LogP contribution in [0.1, 0.15) is 12.1 Å². The number of carbonyl (C=O) groups excluding carboxylic acids is 1. The Labute approximate surface area is 154 Å². The van der Waals surface area contributed by atoms with Crippen molar-refractivity contribution in [2.45, 2.75) is 18.2 Å². The summed E-state index contributed by atoms with van der Waals surface area (Å²) < 4.78 is 30.6. The zero-order valence-corrected chi connectivity index (χ0v) is 15.6. The molecule has 3 aliphatic rings. The molecule has 3 atom stereocenters. The molecule has 0 aromatic carbocycles. The summed E-state index contributed by atoms with van der Waals surface area (Å²) in [7, 11) is -3.14. The van der Waals surface area contributed by atoms with Gasteiger partial charge in [-0.15, -0.1) is 0 Å². The first kappa shape index (κ1) is 17.9. The van der Waals surface area contributed by atoms with Gasteiger partial charge in [-0.1, -0.05) is 6.07 Å². The van der Waals surface area contributed by atoms with Crippen molar-refractivity contribution in [1.82, 2.24) is 14.8 Å². The smallest absolute Gasteiger partial charge is 0.226 e. The molecule has 1 aromatic rings. The number of rotatable bonds is 3. The molecule has 3 aliphatic heterocycles. The second kappa shape index (κ2) is 7.25. The molecular weight excluding hydrogens is 354 g/mol. The van der Waals surface area contributed by atoms with Crippen molar-refractivity contribution >= 4 is 15.7 Å². The van der Waals surface area contributed by atoms with Crippen molar-refractivity contribution in [3.05, 3.63) is 30.1 Å². The standard InChI is InChI=1S/C18H25N3O4S/c22-18(21-6-8-25-9-7-21)15-4-10-26(23,24)17-13-20(12-16(15)17)11-14-3-1-2-5-19-14/h1-3,5,15-17H,4,6-13H2/t15-,16-,17-/m1/s1. The molecule has 1 amide bonds. The first-order valence-electron chi connectivity index (χ1n) is 9.25. The molecule has 4 rings (SSSR count). The topological polar surface area (TPSA) is 79.8 Å². The van der Waals surface area contributed by atoms with Crippen LogP contribution >= 0.6 is 0 Å². The molecular formula is C18H25N3O4S. The summed E-state index contributed by atoms with van der Waals surface area (Å²) in [4.78, 5) is 21.4. The number of pyridine rings is 1. The predicted octanol–water partition coefficient (Wildman–Crippen LogP) is 0.176. The second-order valence-electron chi connectivity index (χ2n) is 7.42. The summed E-state index contributed by atoms with van der Waals surface area (Å²) in [5, 5.41) is -0.435. The molecule has 0 bridgehead atoms. The van der Waals surface area contributed by atoms with Gasteiger partial charge in [0.2, 0.25) is 5.91 Å². The number of carbonyl (C=O) groups is 1. The number of hydrogen-bond donors (Lipinski definition) is 0. The number of fused-ring (bicyclic) bond motifs is 1. The lowest BCUT2D eigenvalue weighted by Crippen LogP contribution is -2.50. The van der Waals surface area contributed by atoms with E-state index in [1.165, 1.54) is 0 Å². The highest BCUT2D eigenvalue weighted by atomic mass is 32.2. The minimum Gasteiger partial charge on any atom is -0.378 e.